The molecule has 25 heavy (non-hydrogen) atoms. The number of hydrogen-bond donors (Lipinski definition) is 1. The number of halogens is 1. The van der Waals surface area contributed by atoms with Crippen LogP contribution >= 0.6 is 11.6 Å². The molecule has 5 nitrogen and oxygen atoms in total. The first kappa shape index (κ1) is 18.3. The van der Waals surface area contributed by atoms with E-state index in [2.05, 4.69) is 5.32 Å². The zero-order valence-electron chi connectivity index (χ0n) is 15.1. The lowest BCUT2D eigenvalue weighted by atomic mass is 9.75. The van der Waals surface area contributed by atoms with Gasteiger partial charge < -0.3 is 19.5 Å². The summed E-state index contributed by atoms with van der Waals surface area (Å²) in [6, 6.07) is 6.96. The number of benzene rings is 1. The van der Waals surface area contributed by atoms with Gasteiger partial charge in [0.25, 0.3) is 0 Å². The highest BCUT2D eigenvalue weighted by atomic mass is 35.5. The van der Waals surface area contributed by atoms with Crippen LogP contribution in [0.25, 0.3) is 0 Å². The van der Waals surface area contributed by atoms with Crippen LogP contribution in [0.15, 0.2) is 35.8 Å². The molecular formula is C18H24BClN2O3. The standard InChI is InChI=1S/C18H24BClN2O3/c1-17(2)18(3,4)25-19(24-17)13-9-11-22(12-10-13)16(23)21-15-7-5-14(20)6-8-15/h5-9H,10-12H2,1-4H3,(H,21,23). The summed E-state index contributed by atoms with van der Waals surface area (Å²) in [5.41, 5.74) is 1.15. The van der Waals surface area contributed by atoms with Gasteiger partial charge in [-0.3, -0.25) is 0 Å². The van der Waals surface area contributed by atoms with Gasteiger partial charge in [-0.1, -0.05) is 17.7 Å². The highest BCUT2D eigenvalue weighted by Gasteiger charge is 2.52. The van der Waals surface area contributed by atoms with E-state index in [-0.39, 0.29) is 24.4 Å². The Morgan fingerprint density at radius 2 is 1.76 bits per heavy atom. The van der Waals surface area contributed by atoms with E-state index in [4.69, 9.17) is 20.9 Å². The number of hydrogen-bond acceptors (Lipinski definition) is 3. The smallest absolute Gasteiger partial charge is 0.400 e. The summed E-state index contributed by atoms with van der Waals surface area (Å²) < 4.78 is 12.2. The number of nitrogens with one attached hydrogen (secondary N) is 1. The van der Waals surface area contributed by atoms with Gasteiger partial charge in [0.05, 0.1) is 11.2 Å². The molecule has 1 aromatic rings. The Kier molecular flexibility index (Phi) is 4.88. The predicted molar refractivity (Wildman–Crippen MR) is 101 cm³/mol. The van der Waals surface area contributed by atoms with E-state index in [0.29, 0.717) is 18.1 Å². The summed E-state index contributed by atoms with van der Waals surface area (Å²) in [6.07, 6.45) is 2.78. The summed E-state index contributed by atoms with van der Waals surface area (Å²) in [5, 5.41) is 3.53. The van der Waals surface area contributed by atoms with E-state index >= 15 is 0 Å². The van der Waals surface area contributed by atoms with Crippen LogP contribution in [0.2, 0.25) is 5.02 Å². The Labute approximate surface area is 154 Å². The van der Waals surface area contributed by atoms with Gasteiger partial charge in [-0.05, 0) is 63.9 Å². The molecule has 1 fully saturated rings. The molecule has 3 rings (SSSR count). The molecule has 0 saturated carbocycles. The maximum absolute atomic E-state index is 12.4. The van der Waals surface area contributed by atoms with E-state index in [0.717, 1.165) is 17.6 Å². The fourth-order valence-corrected chi connectivity index (χ4v) is 2.94. The molecule has 0 aliphatic carbocycles. The van der Waals surface area contributed by atoms with E-state index < -0.39 is 0 Å². The lowest BCUT2D eigenvalue weighted by Crippen LogP contribution is -2.41. The minimum absolute atomic E-state index is 0.119. The van der Waals surface area contributed by atoms with Gasteiger partial charge in [0, 0.05) is 23.8 Å². The average molecular weight is 363 g/mol. The normalized spacial score (nSPS) is 21.9. The zero-order valence-corrected chi connectivity index (χ0v) is 15.9. The first-order valence-corrected chi connectivity index (χ1v) is 8.92. The molecule has 0 unspecified atom stereocenters. The topological polar surface area (TPSA) is 50.8 Å². The van der Waals surface area contributed by atoms with Crippen molar-refractivity contribution in [3.05, 3.63) is 40.8 Å². The molecule has 0 bridgehead atoms. The van der Waals surface area contributed by atoms with Crippen molar-refractivity contribution >= 4 is 30.4 Å². The highest BCUT2D eigenvalue weighted by Crippen LogP contribution is 2.39. The van der Waals surface area contributed by atoms with Crippen molar-refractivity contribution in [3.8, 4) is 0 Å². The zero-order chi connectivity index (χ0) is 18.2. The maximum atomic E-state index is 12.4. The van der Waals surface area contributed by atoms with Crippen molar-refractivity contribution in [2.45, 2.75) is 45.3 Å². The number of urea groups is 1. The van der Waals surface area contributed by atoms with Crippen molar-refractivity contribution in [1.82, 2.24) is 4.90 Å². The average Bonchev–Trinajstić information content (AvgIpc) is 2.78. The van der Waals surface area contributed by atoms with Crippen LogP contribution in [0.3, 0.4) is 0 Å². The Bertz CT molecular complexity index is 672. The Morgan fingerprint density at radius 1 is 1.16 bits per heavy atom. The number of carbonyl (C=O) groups is 1. The van der Waals surface area contributed by atoms with Crippen molar-refractivity contribution in [2.24, 2.45) is 0 Å². The second kappa shape index (κ2) is 6.67. The van der Waals surface area contributed by atoms with Crippen LogP contribution < -0.4 is 5.32 Å². The molecule has 1 saturated heterocycles. The van der Waals surface area contributed by atoms with Crippen LogP contribution in [0.4, 0.5) is 10.5 Å². The summed E-state index contributed by atoms with van der Waals surface area (Å²) in [6.45, 7) is 9.35. The van der Waals surface area contributed by atoms with Crippen LogP contribution in [0.1, 0.15) is 34.1 Å². The number of anilines is 1. The lowest BCUT2D eigenvalue weighted by Gasteiger charge is -2.32. The third-order valence-electron chi connectivity index (χ3n) is 5.18. The molecule has 0 atom stereocenters. The fourth-order valence-electron chi connectivity index (χ4n) is 2.81. The van der Waals surface area contributed by atoms with E-state index in [1.807, 2.05) is 33.8 Å². The van der Waals surface area contributed by atoms with Crippen molar-refractivity contribution in [1.29, 1.82) is 0 Å². The molecule has 1 N–H and O–H groups in total. The molecule has 2 aliphatic heterocycles. The Morgan fingerprint density at radius 3 is 2.28 bits per heavy atom. The van der Waals surface area contributed by atoms with Crippen LogP contribution in [0.5, 0.6) is 0 Å². The molecule has 2 aliphatic rings. The molecule has 2 heterocycles. The number of amides is 2. The first-order chi connectivity index (χ1) is 11.7. The molecule has 0 aromatic heterocycles. The molecule has 0 radical (unpaired) electrons. The SMILES string of the molecule is CC1(C)OB(C2=CCN(C(=O)Nc3ccc(Cl)cc3)CC2)OC1(C)C. The molecule has 1 aromatic carbocycles. The third kappa shape index (κ3) is 3.86. The van der Waals surface area contributed by atoms with Gasteiger partial charge in [0.1, 0.15) is 0 Å². The fraction of sp³-hybridized carbons (Fsp3) is 0.500. The molecule has 134 valence electrons. The summed E-state index contributed by atoms with van der Waals surface area (Å²) in [4.78, 5) is 14.1. The molecular weight excluding hydrogens is 338 g/mol. The number of rotatable bonds is 2. The maximum Gasteiger partial charge on any atom is 0.490 e. The largest absolute Gasteiger partial charge is 0.490 e. The van der Waals surface area contributed by atoms with Gasteiger partial charge >= 0.3 is 13.1 Å². The minimum Gasteiger partial charge on any atom is -0.400 e. The predicted octanol–water partition coefficient (Wildman–Crippen LogP) is 4.14. The van der Waals surface area contributed by atoms with Crippen molar-refractivity contribution in [2.75, 3.05) is 18.4 Å². The lowest BCUT2D eigenvalue weighted by molar-refractivity contribution is 0.00578. The third-order valence-corrected chi connectivity index (χ3v) is 5.43. The first-order valence-electron chi connectivity index (χ1n) is 8.54. The van der Waals surface area contributed by atoms with E-state index in [1.165, 1.54) is 0 Å². The van der Waals surface area contributed by atoms with Gasteiger partial charge in [0.2, 0.25) is 0 Å². The summed E-state index contributed by atoms with van der Waals surface area (Å²) in [7, 11) is -0.327. The number of nitrogens with zero attached hydrogens (tertiary/aromatic N) is 1. The van der Waals surface area contributed by atoms with Crippen LogP contribution in [0, 0.1) is 0 Å². The summed E-state index contributed by atoms with van der Waals surface area (Å²) in [5.74, 6) is 0. The summed E-state index contributed by atoms with van der Waals surface area (Å²) >= 11 is 5.86. The molecule has 7 heteroatoms. The number of carbonyl (C=O) groups excluding carboxylic acids is 1. The van der Waals surface area contributed by atoms with Crippen LogP contribution in [-0.4, -0.2) is 42.3 Å². The monoisotopic (exact) mass is 362 g/mol. The van der Waals surface area contributed by atoms with Crippen molar-refractivity contribution in [3.63, 3.8) is 0 Å². The minimum atomic E-state index is -0.346. The molecule has 2 amide bonds. The quantitative estimate of drug-likeness (QED) is 0.805. The Hall–Kier alpha value is -1.50. The van der Waals surface area contributed by atoms with Gasteiger partial charge in [-0.25, -0.2) is 4.79 Å². The van der Waals surface area contributed by atoms with Gasteiger partial charge in [-0.2, -0.15) is 0 Å². The van der Waals surface area contributed by atoms with Crippen molar-refractivity contribution < 1.29 is 14.1 Å². The van der Waals surface area contributed by atoms with Crippen LogP contribution in [-0.2, 0) is 9.31 Å². The second-order valence-corrected chi connectivity index (χ2v) is 7.94. The van der Waals surface area contributed by atoms with E-state index in [1.54, 1.807) is 29.2 Å². The molecule has 0 spiro atoms. The second-order valence-electron chi connectivity index (χ2n) is 7.50. The van der Waals surface area contributed by atoms with E-state index in [9.17, 15) is 4.79 Å². The Balaban J connectivity index is 1.59. The highest BCUT2D eigenvalue weighted by molar-refractivity contribution is 6.54. The van der Waals surface area contributed by atoms with Gasteiger partial charge in [-0.15, -0.1) is 0 Å². The van der Waals surface area contributed by atoms with Gasteiger partial charge in [0.15, 0.2) is 0 Å².